The first kappa shape index (κ1) is 17.1. The highest BCUT2D eigenvalue weighted by molar-refractivity contribution is 6.30. The van der Waals surface area contributed by atoms with Crippen LogP contribution in [0, 0.1) is 0 Å². The number of fused-ring (bicyclic) bond motifs is 1. The van der Waals surface area contributed by atoms with Gasteiger partial charge in [0.1, 0.15) is 6.42 Å². The summed E-state index contributed by atoms with van der Waals surface area (Å²) >= 11 is 5.91. The highest BCUT2D eigenvalue weighted by atomic mass is 35.5. The first-order valence-electron chi connectivity index (χ1n) is 7.81. The van der Waals surface area contributed by atoms with Crippen molar-refractivity contribution in [2.75, 3.05) is 18.7 Å². The van der Waals surface area contributed by atoms with Gasteiger partial charge in [-0.3, -0.25) is 9.59 Å². The van der Waals surface area contributed by atoms with Crippen LogP contribution in [0.15, 0.2) is 42.5 Å². The fourth-order valence-corrected chi connectivity index (χ4v) is 2.64. The lowest BCUT2D eigenvalue weighted by atomic mass is 10.1. The van der Waals surface area contributed by atoms with Crippen molar-refractivity contribution in [1.82, 2.24) is 5.32 Å². The molecule has 0 atom stereocenters. The Labute approximate surface area is 150 Å². The molecule has 2 N–H and O–H groups in total. The lowest BCUT2D eigenvalue weighted by Crippen LogP contribution is -2.29. The first-order valence-corrected chi connectivity index (χ1v) is 8.18. The van der Waals surface area contributed by atoms with Gasteiger partial charge in [-0.25, -0.2) is 0 Å². The Morgan fingerprint density at radius 1 is 1.04 bits per heavy atom. The molecular weight excluding hydrogens is 344 g/mol. The number of amides is 2. The number of benzene rings is 2. The van der Waals surface area contributed by atoms with Crippen molar-refractivity contribution in [3.63, 3.8) is 0 Å². The summed E-state index contributed by atoms with van der Waals surface area (Å²) in [6.07, 6.45) is 0.403. The van der Waals surface area contributed by atoms with Gasteiger partial charge in [0.05, 0.1) is 0 Å². The van der Waals surface area contributed by atoms with Crippen LogP contribution in [-0.4, -0.2) is 25.2 Å². The molecule has 0 aromatic heterocycles. The highest BCUT2D eigenvalue weighted by Crippen LogP contribution is 2.34. The molecule has 7 heteroatoms. The molecular formula is C18H17ClN2O4. The molecule has 1 aliphatic heterocycles. The molecule has 6 nitrogen and oxygen atoms in total. The predicted molar refractivity (Wildman–Crippen MR) is 94.0 cm³/mol. The van der Waals surface area contributed by atoms with E-state index < -0.39 is 0 Å². The number of anilines is 1. The smallest absolute Gasteiger partial charge is 0.233 e. The monoisotopic (exact) mass is 360 g/mol. The maximum absolute atomic E-state index is 11.9. The van der Waals surface area contributed by atoms with Crippen LogP contribution >= 0.6 is 11.6 Å². The molecule has 0 saturated carbocycles. The quantitative estimate of drug-likeness (QED) is 0.777. The van der Waals surface area contributed by atoms with Gasteiger partial charge in [-0.1, -0.05) is 23.7 Å². The molecule has 0 unspecified atom stereocenters. The number of halogens is 1. The molecule has 2 amide bonds. The van der Waals surface area contributed by atoms with E-state index in [9.17, 15) is 9.59 Å². The lowest BCUT2D eigenvalue weighted by molar-refractivity contribution is -0.126. The van der Waals surface area contributed by atoms with Gasteiger partial charge in [0.25, 0.3) is 0 Å². The normalized spacial score (nSPS) is 11.9. The molecule has 0 aliphatic carbocycles. The number of carbonyl (C=O) groups excluding carboxylic acids is 2. The fourth-order valence-electron chi connectivity index (χ4n) is 2.43. The molecule has 25 heavy (non-hydrogen) atoms. The molecule has 0 saturated heterocycles. The molecule has 130 valence electrons. The zero-order valence-corrected chi connectivity index (χ0v) is 14.1. The Morgan fingerprint density at radius 3 is 2.72 bits per heavy atom. The second-order valence-electron chi connectivity index (χ2n) is 5.52. The number of ether oxygens (including phenoxy) is 2. The molecule has 2 aromatic rings. The van der Waals surface area contributed by atoms with Crippen LogP contribution < -0.4 is 20.1 Å². The molecule has 3 rings (SSSR count). The van der Waals surface area contributed by atoms with Crippen LogP contribution in [0.1, 0.15) is 12.0 Å². The Bertz CT molecular complexity index is 794. The van der Waals surface area contributed by atoms with E-state index in [0.29, 0.717) is 35.2 Å². The van der Waals surface area contributed by atoms with Crippen LogP contribution in [0.3, 0.4) is 0 Å². The van der Waals surface area contributed by atoms with Crippen LogP contribution in [0.25, 0.3) is 0 Å². The van der Waals surface area contributed by atoms with Crippen molar-refractivity contribution in [3.05, 3.63) is 53.1 Å². The summed E-state index contributed by atoms with van der Waals surface area (Å²) in [5.74, 6) is 0.486. The minimum atomic E-state index is -0.390. The zero-order valence-electron chi connectivity index (χ0n) is 13.4. The summed E-state index contributed by atoms with van der Waals surface area (Å²) < 4.78 is 10.4. The largest absolute Gasteiger partial charge is 0.454 e. The van der Waals surface area contributed by atoms with Gasteiger partial charge in [0, 0.05) is 23.3 Å². The van der Waals surface area contributed by atoms with Gasteiger partial charge in [-0.15, -0.1) is 0 Å². The number of nitrogens with one attached hydrogen (secondary N) is 2. The summed E-state index contributed by atoms with van der Waals surface area (Å²) in [6.45, 7) is 0.609. The van der Waals surface area contributed by atoms with Gasteiger partial charge in [0.2, 0.25) is 18.6 Å². The molecule has 0 bridgehead atoms. The maximum atomic E-state index is 11.9. The van der Waals surface area contributed by atoms with Crippen LogP contribution in [-0.2, 0) is 16.0 Å². The molecule has 0 spiro atoms. The summed E-state index contributed by atoms with van der Waals surface area (Å²) in [7, 11) is 0. The van der Waals surface area contributed by atoms with Crippen LogP contribution in [0.2, 0.25) is 5.02 Å². The van der Waals surface area contributed by atoms with E-state index in [1.807, 2.05) is 18.2 Å². The molecule has 0 radical (unpaired) electrons. The lowest BCUT2D eigenvalue weighted by Gasteiger charge is -2.07. The third-order valence-electron chi connectivity index (χ3n) is 3.60. The van der Waals surface area contributed by atoms with Gasteiger partial charge in [-0.2, -0.15) is 0 Å². The second-order valence-corrected chi connectivity index (χ2v) is 5.96. The van der Waals surface area contributed by atoms with Gasteiger partial charge >= 0.3 is 0 Å². The molecule has 1 aliphatic rings. The van der Waals surface area contributed by atoms with E-state index in [-0.39, 0.29) is 25.0 Å². The van der Waals surface area contributed by atoms with E-state index in [0.717, 1.165) is 5.56 Å². The van der Waals surface area contributed by atoms with E-state index in [1.165, 1.54) is 0 Å². The van der Waals surface area contributed by atoms with Crippen molar-refractivity contribution in [2.45, 2.75) is 12.8 Å². The van der Waals surface area contributed by atoms with E-state index in [2.05, 4.69) is 10.6 Å². The number of hydrogen-bond donors (Lipinski definition) is 2. The average Bonchev–Trinajstić information content (AvgIpc) is 3.02. The van der Waals surface area contributed by atoms with E-state index in [4.69, 9.17) is 21.1 Å². The fraction of sp³-hybridized carbons (Fsp3) is 0.222. The van der Waals surface area contributed by atoms with E-state index in [1.54, 1.807) is 24.3 Å². The minimum absolute atomic E-state index is 0.168. The van der Waals surface area contributed by atoms with Crippen molar-refractivity contribution < 1.29 is 19.1 Å². The topological polar surface area (TPSA) is 76.7 Å². The highest BCUT2D eigenvalue weighted by Gasteiger charge is 2.15. The van der Waals surface area contributed by atoms with Crippen molar-refractivity contribution >= 4 is 29.1 Å². The molecule has 0 fully saturated rings. The average molecular weight is 361 g/mol. The van der Waals surface area contributed by atoms with Crippen molar-refractivity contribution in [2.24, 2.45) is 0 Å². The Morgan fingerprint density at radius 2 is 1.88 bits per heavy atom. The molecule has 1 heterocycles. The standard InChI is InChI=1S/C18H17ClN2O4/c19-13-3-1-2-12(8-13)6-7-20-17(22)10-18(23)21-14-4-5-15-16(9-14)25-11-24-15/h1-5,8-9H,6-7,10-11H2,(H,20,22)(H,21,23). The second kappa shape index (κ2) is 7.90. The third kappa shape index (κ3) is 4.87. The van der Waals surface area contributed by atoms with Crippen LogP contribution in [0.4, 0.5) is 5.69 Å². The van der Waals surface area contributed by atoms with Gasteiger partial charge in [0.15, 0.2) is 11.5 Å². The Kier molecular flexibility index (Phi) is 5.40. The Hall–Kier alpha value is -2.73. The Balaban J connectivity index is 1.42. The predicted octanol–water partition coefficient (Wildman–Crippen LogP) is 2.76. The summed E-state index contributed by atoms with van der Waals surface area (Å²) in [5.41, 5.74) is 1.58. The zero-order chi connectivity index (χ0) is 17.6. The van der Waals surface area contributed by atoms with Crippen LogP contribution in [0.5, 0.6) is 11.5 Å². The number of carbonyl (C=O) groups is 2. The van der Waals surface area contributed by atoms with Gasteiger partial charge in [-0.05, 0) is 36.2 Å². The first-order chi connectivity index (χ1) is 12.1. The van der Waals surface area contributed by atoms with E-state index >= 15 is 0 Å². The van der Waals surface area contributed by atoms with Crippen molar-refractivity contribution in [3.8, 4) is 11.5 Å². The molecule has 2 aromatic carbocycles. The minimum Gasteiger partial charge on any atom is -0.454 e. The summed E-state index contributed by atoms with van der Waals surface area (Å²) in [4.78, 5) is 23.8. The van der Waals surface area contributed by atoms with Crippen molar-refractivity contribution in [1.29, 1.82) is 0 Å². The maximum Gasteiger partial charge on any atom is 0.233 e. The SMILES string of the molecule is O=C(CC(=O)Nc1ccc2c(c1)OCO2)NCCc1cccc(Cl)c1. The number of rotatable bonds is 6. The third-order valence-corrected chi connectivity index (χ3v) is 3.84. The summed E-state index contributed by atoms with van der Waals surface area (Å²) in [5, 5.41) is 6.05. The van der Waals surface area contributed by atoms with Gasteiger partial charge < -0.3 is 20.1 Å². The summed E-state index contributed by atoms with van der Waals surface area (Å²) in [6, 6.07) is 12.5. The number of hydrogen-bond acceptors (Lipinski definition) is 4.